The normalized spacial score (nSPS) is 15.7. The Morgan fingerprint density at radius 2 is 1.93 bits per heavy atom. The molecule has 1 aliphatic heterocycles. The molecule has 1 saturated heterocycles. The van der Waals surface area contributed by atoms with Gasteiger partial charge in [0.05, 0.1) is 25.2 Å². The van der Waals surface area contributed by atoms with Crippen LogP contribution < -0.4 is 9.62 Å². The lowest BCUT2D eigenvalue weighted by Crippen LogP contribution is -2.42. The molecule has 0 aromatic heterocycles. The Morgan fingerprint density at radius 3 is 2.56 bits per heavy atom. The molecule has 0 saturated carbocycles. The number of amides is 1. The summed E-state index contributed by atoms with van der Waals surface area (Å²) in [7, 11) is -3.57. The number of anilines is 1. The van der Waals surface area contributed by atoms with Crippen LogP contribution in [0.3, 0.4) is 0 Å². The minimum Gasteiger partial charge on any atom is -0.379 e. The van der Waals surface area contributed by atoms with Gasteiger partial charge in [-0.2, -0.15) is 0 Å². The molecule has 1 aliphatic rings. The molecule has 1 aromatic rings. The van der Waals surface area contributed by atoms with Gasteiger partial charge >= 0.3 is 0 Å². The van der Waals surface area contributed by atoms with Crippen LogP contribution in [0.5, 0.6) is 0 Å². The van der Waals surface area contributed by atoms with Crippen molar-refractivity contribution in [3.05, 3.63) is 29.8 Å². The molecule has 0 aliphatic carbocycles. The molecule has 0 bridgehead atoms. The van der Waals surface area contributed by atoms with E-state index in [1.165, 1.54) is 4.31 Å². The van der Waals surface area contributed by atoms with Gasteiger partial charge in [0.2, 0.25) is 15.9 Å². The lowest BCUT2D eigenvalue weighted by atomic mass is 10.0. The highest BCUT2D eigenvalue weighted by atomic mass is 32.2. The number of benzene rings is 1. The third-order valence-corrected chi connectivity index (χ3v) is 5.72. The lowest BCUT2D eigenvalue weighted by Gasteiger charge is -2.27. The van der Waals surface area contributed by atoms with Crippen molar-refractivity contribution in [2.75, 3.05) is 56.5 Å². The molecule has 27 heavy (non-hydrogen) atoms. The molecule has 1 N–H and O–H groups in total. The Balaban J connectivity index is 1.93. The molecule has 0 atom stereocenters. The van der Waals surface area contributed by atoms with Crippen molar-refractivity contribution in [1.29, 1.82) is 0 Å². The summed E-state index contributed by atoms with van der Waals surface area (Å²) in [5.74, 6) is -0.136. The molecule has 7 nitrogen and oxygen atoms in total. The molecule has 1 amide bonds. The predicted octanol–water partition coefficient (Wildman–Crippen LogP) is 1.41. The zero-order valence-electron chi connectivity index (χ0n) is 16.5. The molecule has 1 fully saturated rings. The summed E-state index contributed by atoms with van der Waals surface area (Å²) in [6.45, 7) is 8.57. The average Bonchev–Trinajstić information content (AvgIpc) is 2.63. The zero-order valence-corrected chi connectivity index (χ0v) is 17.3. The predicted molar refractivity (Wildman–Crippen MR) is 108 cm³/mol. The van der Waals surface area contributed by atoms with Crippen molar-refractivity contribution >= 4 is 21.6 Å². The van der Waals surface area contributed by atoms with Crippen LogP contribution in [-0.4, -0.2) is 71.4 Å². The molecule has 8 heteroatoms. The number of sulfonamides is 1. The standard InChI is InChI=1S/C19H31N3O4S/c1-16(2)17-7-4-5-8-18(17)22(27(3,24)25)15-19(23)20-9-6-10-21-11-13-26-14-12-21/h4-5,7-8,16H,6,9-15H2,1-3H3,(H,20,23). The highest BCUT2D eigenvalue weighted by molar-refractivity contribution is 7.92. The van der Waals surface area contributed by atoms with Gasteiger partial charge in [-0.1, -0.05) is 32.0 Å². The van der Waals surface area contributed by atoms with Gasteiger partial charge in [-0.05, 0) is 30.5 Å². The van der Waals surface area contributed by atoms with Crippen molar-refractivity contribution in [1.82, 2.24) is 10.2 Å². The van der Waals surface area contributed by atoms with E-state index < -0.39 is 10.0 Å². The third-order valence-electron chi connectivity index (χ3n) is 4.59. The second-order valence-electron chi connectivity index (χ2n) is 7.14. The number of para-hydroxylation sites is 1. The van der Waals surface area contributed by atoms with E-state index in [4.69, 9.17) is 4.74 Å². The Hall–Kier alpha value is -1.64. The number of nitrogens with zero attached hydrogens (tertiary/aromatic N) is 2. The quantitative estimate of drug-likeness (QED) is 0.638. The van der Waals surface area contributed by atoms with Crippen LogP contribution in [0.15, 0.2) is 24.3 Å². The molecule has 0 spiro atoms. The van der Waals surface area contributed by atoms with Gasteiger partial charge in [0, 0.05) is 19.6 Å². The van der Waals surface area contributed by atoms with Gasteiger partial charge < -0.3 is 10.1 Å². The number of nitrogens with one attached hydrogen (secondary N) is 1. The van der Waals surface area contributed by atoms with Crippen molar-refractivity contribution in [3.63, 3.8) is 0 Å². The van der Waals surface area contributed by atoms with E-state index in [-0.39, 0.29) is 18.4 Å². The fraction of sp³-hybridized carbons (Fsp3) is 0.632. The van der Waals surface area contributed by atoms with Crippen LogP contribution in [0, 0.1) is 0 Å². The van der Waals surface area contributed by atoms with Crippen LogP contribution in [0.25, 0.3) is 0 Å². The summed E-state index contributed by atoms with van der Waals surface area (Å²) < 4.78 is 31.1. The van der Waals surface area contributed by atoms with Gasteiger partial charge in [-0.15, -0.1) is 0 Å². The van der Waals surface area contributed by atoms with Crippen LogP contribution in [-0.2, 0) is 19.6 Å². The molecular formula is C19H31N3O4S. The summed E-state index contributed by atoms with van der Waals surface area (Å²) in [5, 5.41) is 2.84. The van der Waals surface area contributed by atoms with Gasteiger partial charge in [0.25, 0.3) is 0 Å². The summed E-state index contributed by atoms with van der Waals surface area (Å²) in [6.07, 6.45) is 1.96. The Morgan fingerprint density at radius 1 is 1.26 bits per heavy atom. The fourth-order valence-corrected chi connectivity index (χ4v) is 4.00. The van der Waals surface area contributed by atoms with Crippen LogP contribution in [0.4, 0.5) is 5.69 Å². The van der Waals surface area contributed by atoms with E-state index in [0.717, 1.165) is 51.1 Å². The largest absolute Gasteiger partial charge is 0.379 e. The Bertz CT molecular complexity index is 715. The molecule has 0 unspecified atom stereocenters. The minimum atomic E-state index is -3.57. The third kappa shape index (κ3) is 6.79. The number of rotatable bonds is 9. The first-order chi connectivity index (χ1) is 12.8. The topological polar surface area (TPSA) is 79.0 Å². The number of hydrogen-bond donors (Lipinski definition) is 1. The van der Waals surface area contributed by atoms with Gasteiger partial charge in [0.15, 0.2) is 0 Å². The maximum atomic E-state index is 12.4. The lowest BCUT2D eigenvalue weighted by molar-refractivity contribution is -0.119. The first kappa shape index (κ1) is 21.7. The Kier molecular flexibility index (Phi) is 8.07. The molecule has 1 aromatic carbocycles. The van der Waals surface area contributed by atoms with E-state index in [1.807, 2.05) is 26.0 Å². The van der Waals surface area contributed by atoms with Crippen LogP contribution >= 0.6 is 0 Å². The summed E-state index contributed by atoms with van der Waals surface area (Å²) >= 11 is 0. The molecule has 0 radical (unpaired) electrons. The second kappa shape index (κ2) is 10.1. The van der Waals surface area contributed by atoms with E-state index in [1.54, 1.807) is 12.1 Å². The fourth-order valence-electron chi connectivity index (χ4n) is 3.13. The van der Waals surface area contributed by atoms with Crippen molar-refractivity contribution in [2.45, 2.75) is 26.2 Å². The number of ether oxygens (including phenoxy) is 1. The monoisotopic (exact) mass is 397 g/mol. The van der Waals surface area contributed by atoms with Crippen LogP contribution in [0.2, 0.25) is 0 Å². The molecular weight excluding hydrogens is 366 g/mol. The first-order valence-corrected chi connectivity index (χ1v) is 11.3. The van der Waals surface area contributed by atoms with E-state index >= 15 is 0 Å². The number of morpholine rings is 1. The smallest absolute Gasteiger partial charge is 0.240 e. The summed E-state index contributed by atoms with van der Waals surface area (Å²) in [4.78, 5) is 14.7. The molecule has 2 rings (SSSR count). The summed E-state index contributed by atoms with van der Waals surface area (Å²) in [5.41, 5.74) is 1.47. The zero-order chi connectivity index (χ0) is 19.9. The average molecular weight is 398 g/mol. The summed E-state index contributed by atoms with van der Waals surface area (Å²) in [6, 6.07) is 7.32. The van der Waals surface area contributed by atoms with Crippen LogP contribution in [0.1, 0.15) is 31.7 Å². The van der Waals surface area contributed by atoms with Gasteiger partial charge in [-0.3, -0.25) is 14.0 Å². The highest BCUT2D eigenvalue weighted by Crippen LogP contribution is 2.28. The number of hydrogen-bond acceptors (Lipinski definition) is 5. The van der Waals surface area contributed by atoms with Gasteiger partial charge in [-0.25, -0.2) is 8.42 Å². The Labute approximate surface area is 162 Å². The number of carbonyl (C=O) groups is 1. The van der Waals surface area contributed by atoms with Crippen molar-refractivity contribution < 1.29 is 17.9 Å². The number of carbonyl (C=O) groups excluding carboxylic acids is 1. The maximum absolute atomic E-state index is 12.4. The van der Waals surface area contributed by atoms with Crippen molar-refractivity contribution in [2.24, 2.45) is 0 Å². The first-order valence-electron chi connectivity index (χ1n) is 9.42. The minimum absolute atomic E-state index is 0.155. The molecule has 152 valence electrons. The highest BCUT2D eigenvalue weighted by Gasteiger charge is 2.23. The van der Waals surface area contributed by atoms with E-state index in [0.29, 0.717) is 12.2 Å². The van der Waals surface area contributed by atoms with E-state index in [9.17, 15) is 13.2 Å². The SMILES string of the molecule is CC(C)c1ccccc1N(CC(=O)NCCCN1CCOCC1)S(C)(=O)=O. The second-order valence-corrected chi connectivity index (χ2v) is 9.05. The van der Waals surface area contributed by atoms with Gasteiger partial charge in [0.1, 0.15) is 6.54 Å². The maximum Gasteiger partial charge on any atom is 0.240 e. The molecule has 1 heterocycles. The van der Waals surface area contributed by atoms with E-state index in [2.05, 4.69) is 10.2 Å². The van der Waals surface area contributed by atoms with Crippen molar-refractivity contribution in [3.8, 4) is 0 Å².